The molecule has 9 nitrogen and oxygen atoms in total. The number of carboxylic acids is 1. The summed E-state index contributed by atoms with van der Waals surface area (Å²) in [5.41, 5.74) is 1.39. The predicted molar refractivity (Wildman–Crippen MR) is 163 cm³/mol. The van der Waals surface area contributed by atoms with E-state index in [1.165, 1.54) is 6.07 Å². The lowest BCUT2D eigenvalue weighted by Gasteiger charge is -2.46. The number of carbonyl (C=O) groups is 2. The van der Waals surface area contributed by atoms with Gasteiger partial charge in [0.15, 0.2) is 5.78 Å². The van der Waals surface area contributed by atoms with Gasteiger partial charge in [0.25, 0.3) is 0 Å². The van der Waals surface area contributed by atoms with Crippen molar-refractivity contribution in [3.8, 4) is 11.8 Å². The number of nitrogens with zero attached hydrogens (tertiary/aromatic N) is 3. The fourth-order valence-electron chi connectivity index (χ4n) is 5.24. The SMILES string of the molecule is CC(C)(C)C(=O)CN1CC2CN(CCCNc3ccc(C#N)cc3)CC(C1)O2.O=C(O)c1ccc2ccccc2c1O. The second-order valence-corrected chi connectivity index (χ2v) is 12.0. The number of carbonyl (C=O) groups excluding carboxylic acids is 1. The number of ketones is 1. The van der Waals surface area contributed by atoms with Gasteiger partial charge in [0, 0.05) is 55.8 Å². The number of aromatic carboxylic acids is 1. The molecule has 2 saturated heterocycles. The van der Waals surface area contributed by atoms with E-state index >= 15 is 0 Å². The number of anilines is 1. The smallest absolute Gasteiger partial charge is 0.339 e. The highest BCUT2D eigenvalue weighted by atomic mass is 16.5. The second kappa shape index (κ2) is 13.8. The van der Waals surface area contributed by atoms with Crippen LogP contribution in [0.2, 0.25) is 0 Å². The molecule has 3 aromatic rings. The largest absolute Gasteiger partial charge is 0.506 e. The summed E-state index contributed by atoms with van der Waals surface area (Å²) >= 11 is 0. The standard InChI is InChI=1S/C22H32N4O2.C11H8O3/c1-22(2,3)21(27)16-26-14-19-12-25(13-20(15-26)28-19)10-4-9-24-18-7-5-17(11-23)6-8-18;12-10-8-4-2-1-3-7(8)5-6-9(10)11(13)14/h5-8,19-20,24H,4,9-10,12-16H2,1-3H3;1-6,12H,(H,13,14). The van der Waals surface area contributed by atoms with Gasteiger partial charge in [0.05, 0.1) is 30.4 Å². The minimum Gasteiger partial charge on any atom is -0.506 e. The highest BCUT2D eigenvalue weighted by molar-refractivity contribution is 6.00. The van der Waals surface area contributed by atoms with Crippen LogP contribution in [0.15, 0.2) is 60.7 Å². The van der Waals surface area contributed by atoms with Crippen LogP contribution in [-0.4, -0.2) is 89.8 Å². The van der Waals surface area contributed by atoms with E-state index in [0.717, 1.165) is 56.8 Å². The lowest BCUT2D eigenvalue weighted by atomic mass is 9.90. The maximum Gasteiger partial charge on any atom is 0.339 e. The van der Waals surface area contributed by atoms with Crippen LogP contribution < -0.4 is 5.32 Å². The maximum absolute atomic E-state index is 12.3. The Morgan fingerprint density at radius 2 is 1.62 bits per heavy atom. The highest BCUT2D eigenvalue weighted by Gasteiger charge is 2.36. The molecule has 2 unspecified atom stereocenters. The Morgan fingerprint density at radius 1 is 0.976 bits per heavy atom. The molecule has 42 heavy (non-hydrogen) atoms. The lowest BCUT2D eigenvalue weighted by Crippen LogP contribution is -2.60. The molecule has 2 heterocycles. The van der Waals surface area contributed by atoms with Gasteiger partial charge in [-0.05, 0) is 42.1 Å². The Balaban J connectivity index is 0.000000241. The summed E-state index contributed by atoms with van der Waals surface area (Å²) in [7, 11) is 0. The maximum atomic E-state index is 12.3. The van der Waals surface area contributed by atoms with Gasteiger partial charge in [-0.3, -0.25) is 14.6 Å². The average molecular weight is 573 g/mol. The van der Waals surface area contributed by atoms with Crippen molar-refractivity contribution in [1.82, 2.24) is 9.80 Å². The number of morpholine rings is 2. The molecule has 2 fully saturated rings. The van der Waals surface area contributed by atoms with Crippen molar-refractivity contribution in [3.05, 3.63) is 71.8 Å². The van der Waals surface area contributed by atoms with E-state index in [2.05, 4.69) is 21.2 Å². The van der Waals surface area contributed by atoms with Crippen LogP contribution in [0.25, 0.3) is 10.8 Å². The van der Waals surface area contributed by atoms with Crippen molar-refractivity contribution in [1.29, 1.82) is 5.26 Å². The van der Waals surface area contributed by atoms with Crippen molar-refractivity contribution in [2.24, 2.45) is 5.41 Å². The summed E-state index contributed by atoms with van der Waals surface area (Å²) in [4.78, 5) is 27.8. The van der Waals surface area contributed by atoms with Gasteiger partial charge in [-0.25, -0.2) is 4.79 Å². The summed E-state index contributed by atoms with van der Waals surface area (Å²) in [5, 5.41) is 32.1. The van der Waals surface area contributed by atoms with Crippen molar-refractivity contribution in [2.75, 3.05) is 51.1 Å². The Bertz CT molecular complexity index is 1410. The molecule has 0 aliphatic carbocycles. The summed E-state index contributed by atoms with van der Waals surface area (Å²) in [6.07, 6.45) is 1.46. The predicted octanol–water partition coefficient (Wildman–Crippen LogP) is 4.60. The number of benzene rings is 3. The van der Waals surface area contributed by atoms with E-state index < -0.39 is 5.97 Å². The molecule has 0 aromatic heterocycles. The molecule has 0 saturated carbocycles. The number of hydrogen-bond acceptors (Lipinski definition) is 8. The number of aromatic hydroxyl groups is 1. The molecule has 3 N–H and O–H groups in total. The summed E-state index contributed by atoms with van der Waals surface area (Å²) in [6, 6.07) is 19.9. The molecule has 222 valence electrons. The number of ether oxygens (including phenoxy) is 1. The van der Waals surface area contributed by atoms with Crippen molar-refractivity contribution in [2.45, 2.75) is 39.4 Å². The third kappa shape index (κ3) is 8.29. The van der Waals surface area contributed by atoms with Crippen molar-refractivity contribution < 1.29 is 24.5 Å². The number of rotatable bonds is 8. The molecule has 0 radical (unpaired) electrons. The van der Waals surface area contributed by atoms with Gasteiger partial charge in [-0.2, -0.15) is 5.26 Å². The molecule has 0 spiro atoms. The molecule has 9 heteroatoms. The molecule has 3 aromatic carbocycles. The van der Waals surface area contributed by atoms with Crippen molar-refractivity contribution in [3.63, 3.8) is 0 Å². The first-order valence-corrected chi connectivity index (χ1v) is 14.3. The fourth-order valence-corrected chi connectivity index (χ4v) is 5.24. The number of hydrogen-bond donors (Lipinski definition) is 3. The van der Waals surface area contributed by atoms with Crippen LogP contribution in [-0.2, 0) is 9.53 Å². The molecule has 2 bridgehead atoms. The van der Waals surface area contributed by atoms with Gasteiger partial charge in [0.1, 0.15) is 11.3 Å². The number of carboxylic acid groups (broad SMARTS) is 1. The van der Waals surface area contributed by atoms with E-state index in [1.54, 1.807) is 18.2 Å². The summed E-state index contributed by atoms with van der Waals surface area (Å²) < 4.78 is 6.11. The molecule has 2 aliphatic rings. The van der Waals surface area contributed by atoms with Gasteiger partial charge >= 0.3 is 5.97 Å². The van der Waals surface area contributed by atoms with E-state index in [0.29, 0.717) is 23.3 Å². The Labute approximate surface area is 247 Å². The van der Waals surface area contributed by atoms with Gasteiger partial charge in [-0.15, -0.1) is 0 Å². The van der Waals surface area contributed by atoms with E-state index in [9.17, 15) is 14.7 Å². The molecular formula is C33H40N4O5. The zero-order chi connectivity index (χ0) is 30.3. The van der Waals surface area contributed by atoms with Crippen LogP contribution in [0.1, 0.15) is 43.1 Å². The number of nitrogens with one attached hydrogen (secondary N) is 1. The quantitative estimate of drug-likeness (QED) is 0.332. The molecular weight excluding hydrogens is 532 g/mol. The van der Waals surface area contributed by atoms with Gasteiger partial charge < -0.3 is 20.3 Å². The Kier molecular flexibility index (Phi) is 10.2. The molecule has 5 rings (SSSR count). The van der Waals surface area contributed by atoms with Crippen LogP contribution in [0, 0.1) is 16.7 Å². The third-order valence-electron chi connectivity index (χ3n) is 7.56. The second-order valence-electron chi connectivity index (χ2n) is 12.0. The average Bonchev–Trinajstić information content (AvgIpc) is 2.95. The van der Waals surface area contributed by atoms with Gasteiger partial charge in [0.2, 0.25) is 0 Å². The van der Waals surface area contributed by atoms with E-state index in [4.69, 9.17) is 15.1 Å². The first-order valence-electron chi connectivity index (χ1n) is 14.3. The van der Waals surface area contributed by atoms with Gasteiger partial charge in [-0.1, -0.05) is 51.1 Å². The van der Waals surface area contributed by atoms with Crippen LogP contribution in [0.5, 0.6) is 5.75 Å². The monoisotopic (exact) mass is 572 g/mol. The zero-order valence-corrected chi connectivity index (χ0v) is 24.5. The number of fused-ring (bicyclic) bond motifs is 3. The van der Waals surface area contributed by atoms with Crippen LogP contribution in [0.4, 0.5) is 5.69 Å². The number of nitriles is 1. The summed E-state index contributed by atoms with van der Waals surface area (Å²) in [5.74, 6) is -0.984. The molecule has 0 amide bonds. The third-order valence-corrected chi connectivity index (χ3v) is 7.56. The number of phenols is 1. The minimum atomic E-state index is -1.12. The normalized spacial score (nSPS) is 18.9. The van der Waals surface area contributed by atoms with Crippen molar-refractivity contribution >= 4 is 28.2 Å². The molecule has 2 atom stereocenters. The minimum absolute atomic E-state index is 0.0660. The van der Waals surface area contributed by atoms with E-state index in [1.807, 2.05) is 57.2 Å². The van der Waals surface area contributed by atoms with Crippen LogP contribution in [0.3, 0.4) is 0 Å². The topological polar surface area (TPSA) is 126 Å². The molecule has 2 aliphatic heterocycles. The Morgan fingerprint density at radius 3 is 2.24 bits per heavy atom. The Hall–Kier alpha value is -3.97. The summed E-state index contributed by atoms with van der Waals surface area (Å²) in [6.45, 7) is 12.0. The van der Waals surface area contributed by atoms with Crippen LogP contribution >= 0.6 is 0 Å². The zero-order valence-electron chi connectivity index (χ0n) is 24.5. The number of Topliss-reactive ketones (excluding diaryl/α,β-unsaturated/α-hetero) is 1. The first-order chi connectivity index (χ1) is 20.0. The van der Waals surface area contributed by atoms with E-state index in [-0.39, 0.29) is 28.9 Å². The first kappa shape index (κ1) is 31.0. The fraction of sp³-hybridized carbons (Fsp3) is 0.424. The highest BCUT2D eigenvalue weighted by Crippen LogP contribution is 2.28. The lowest BCUT2D eigenvalue weighted by molar-refractivity contribution is -0.147.